The summed E-state index contributed by atoms with van der Waals surface area (Å²) in [6.45, 7) is 5.26. The predicted octanol–water partition coefficient (Wildman–Crippen LogP) is 9.04. The van der Waals surface area contributed by atoms with Crippen molar-refractivity contribution in [2.45, 2.75) is 110 Å². The van der Waals surface area contributed by atoms with Gasteiger partial charge in [-0.3, -0.25) is 13.8 Å². The maximum Gasteiger partial charge on any atom is 0.472 e. The molecule has 0 fully saturated rings. The summed E-state index contributed by atoms with van der Waals surface area (Å²) in [5.41, 5.74) is 0. The number of allylic oxidation sites excluding steroid dienone is 10. The molecule has 0 aromatic heterocycles. The van der Waals surface area contributed by atoms with Crippen molar-refractivity contribution >= 4 is 13.8 Å². The van der Waals surface area contributed by atoms with Crippen LogP contribution in [0.3, 0.4) is 0 Å². The maximum atomic E-state index is 12.4. The molecule has 2 unspecified atom stereocenters. The molecule has 0 rings (SSSR count). The third-order valence-corrected chi connectivity index (χ3v) is 7.58. The van der Waals surface area contributed by atoms with Gasteiger partial charge in [0, 0.05) is 13.0 Å². The summed E-state index contributed by atoms with van der Waals surface area (Å²) >= 11 is 0. The van der Waals surface area contributed by atoms with Crippen LogP contribution in [0.4, 0.5) is 0 Å². The number of rotatable bonds is 30. The molecular formula is C36H65NO7P+. The van der Waals surface area contributed by atoms with Crippen LogP contribution in [0.25, 0.3) is 0 Å². The SMILES string of the molecule is CC/C=C\C/C=C\C/C=C\C/C=C\C/C=C\CCCCOCC(COP(=O)(O)OCC[N+](C)(C)C)OC(=O)CCCCCCC. The molecule has 8 nitrogen and oxygen atoms in total. The Kier molecular flexibility index (Phi) is 28.4. The Labute approximate surface area is 275 Å². The van der Waals surface area contributed by atoms with Gasteiger partial charge >= 0.3 is 13.8 Å². The van der Waals surface area contributed by atoms with Crippen LogP contribution >= 0.6 is 7.82 Å². The summed E-state index contributed by atoms with van der Waals surface area (Å²) < 4.78 is 34.5. The first-order chi connectivity index (χ1) is 21.6. The quantitative estimate of drug-likeness (QED) is 0.0272. The molecule has 0 aromatic carbocycles. The molecule has 0 heterocycles. The van der Waals surface area contributed by atoms with Crippen molar-refractivity contribution in [1.29, 1.82) is 0 Å². The van der Waals surface area contributed by atoms with Gasteiger partial charge in [0.15, 0.2) is 0 Å². The van der Waals surface area contributed by atoms with Gasteiger partial charge in [-0.15, -0.1) is 0 Å². The Hall–Kier alpha value is -1.80. The van der Waals surface area contributed by atoms with Crippen LogP contribution in [0.2, 0.25) is 0 Å². The lowest BCUT2D eigenvalue weighted by Crippen LogP contribution is -2.37. The molecule has 0 aliphatic carbocycles. The van der Waals surface area contributed by atoms with E-state index >= 15 is 0 Å². The lowest BCUT2D eigenvalue weighted by Gasteiger charge is -2.24. The summed E-state index contributed by atoms with van der Waals surface area (Å²) in [5, 5.41) is 0. The number of quaternary nitrogens is 1. The Morgan fingerprint density at radius 1 is 0.711 bits per heavy atom. The lowest BCUT2D eigenvalue weighted by atomic mass is 10.1. The molecule has 0 spiro atoms. The van der Waals surface area contributed by atoms with Crippen LogP contribution in [-0.2, 0) is 27.9 Å². The number of nitrogens with zero attached hydrogens (tertiary/aromatic N) is 1. The van der Waals surface area contributed by atoms with Crippen molar-refractivity contribution in [3.63, 3.8) is 0 Å². The largest absolute Gasteiger partial charge is 0.472 e. The van der Waals surface area contributed by atoms with Gasteiger partial charge in [0.05, 0.1) is 34.4 Å². The van der Waals surface area contributed by atoms with Crippen LogP contribution in [0.15, 0.2) is 60.8 Å². The molecule has 2 atom stereocenters. The fourth-order valence-corrected chi connectivity index (χ4v) is 4.67. The van der Waals surface area contributed by atoms with Crippen molar-refractivity contribution in [2.24, 2.45) is 0 Å². The molecule has 0 bridgehead atoms. The molecule has 0 aliphatic rings. The highest BCUT2D eigenvalue weighted by molar-refractivity contribution is 7.47. The van der Waals surface area contributed by atoms with Gasteiger partial charge < -0.3 is 18.9 Å². The van der Waals surface area contributed by atoms with Crippen molar-refractivity contribution in [2.75, 3.05) is 54.1 Å². The average molecular weight is 655 g/mol. The number of likely N-dealkylation sites (N-methyl/N-ethyl adjacent to an activating group) is 1. The van der Waals surface area contributed by atoms with E-state index in [-0.39, 0.29) is 25.8 Å². The molecule has 1 N–H and O–H groups in total. The molecular weight excluding hydrogens is 589 g/mol. The first-order valence-corrected chi connectivity index (χ1v) is 18.5. The van der Waals surface area contributed by atoms with E-state index in [9.17, 15) is 14.3 Å². The van der Waals surface area contributed by atoms with E-state index in [4.69, 9.17) is 18.5 Å². The zero-order valence-corrected chi connectivity index (χ0v) is 30.0. The first-order valence-electron chi connectivity index (χ1n) is 17.0. The van der Waals surface area contributed by atoms with Crippen LogP contribution in [0.5, 0.6) is 0 Å². The molecule has 0 aromatic rings. The molecule has 0 aliphatic heterocycles. The van der Waals surface area contributed by atoms with Gasteiger partial charge in [-0.05, 0) is 57.8 Å². The van der Waals surface area contributed by atoms with Gasteiger partial charge in [-0.1, -0.05) is 100 Å². The molecule has 0 saturated heterocycles. The molecule has 0 saturated carbocycles. The van der Waals surface area contributed by atoms with E-state index < -0.39 is 13.9 Å². The topological polar surface area (TPSA) is 91.3 Å². The van der Waals surface area contributed by atoms with Crippen LogP contribution in [0.1, 0.15) is 104 Å². The third-order valence-electron chi connectivity index (χ3n) is 6.59. The monoisotopic (exact) mass is 654 g/mol. The van der Waals surface area contributed by atoms with E-state index in [1.165, 1.54) is 0 Å². The van der Waals surface area contributed by atoms with Crippen molar-refractivity contribution in [1.82, 2.24) is 0 Å². The summed E-state index contributed by atoms with van der Waals surface area (Å²) in [6.07, 6.45) is 34.4. The average Bonchev–Trinajstić information content (AvgIpc) is 2.98. The van der Waals surface area contributed by atoms with E-state index in [0.717, 1.165) is 83.5 Å². The smallest absolute Gasteiger partial charge is 0.457 e. The first kappa shape index (κ1) is 43.2. The van der Waals surface area contributed by atoms with Crippen LogP contribution in [-0.4, -0.2) is 75.6 Å². The van der Waals surface area contributed by atoms with Gasteiger partial charge in [-0.25, -0.2) is 4.57 Å². The maximum absolute atomic E-state index is 12.4. The van der Waals surface area contributed by atoms with Crippen molar-refractivity contribution in [3.05, 3.63) is 60.8 Å². The highest BCUT2D eigenvalue weighted by Gasteiger charge is 2.26. The molecule has 9 heteroatoms. The molecule has 0 radical (unpaired) electrons. The van der Waals surface area contributed by atoms with Crippen molar-refractivity contribution in [3.8, 4) is 0 Å². The van der Waals surface area contributed by atoms with Gasteiger partial charge in [0.2, 0.25) is 0 Å². The normalized spacial score (nSPS) is 14.9. The Morgan fingerprint density at radius 3 is 1.87 bits per heavy atom. The predicted molar refractivity (Wildman–Crippen MR) is 187 cm³/mol. The highest BCUT2D eigenvalue weighted by atomic mass is 31.2. The second kappa shape index (κ2) is 29.6. The standard InChI is InChI=1S/C36H64NO7P/c1-6-8-10-12-13-14-15-16-17-18-19-20-21-22-23-24-26-28-31-41-33-35(44-36(38)29-27-25-11-9-7-2)34-43-45(39,40)42-32-30-37(3,4)5/h8,10,13-14,16-17,19-20,22-23,35H,6-7,9,11-12,15,18,21,24-34H2,1-5H3/p+1/b10-8-,14-13-,17-16-,20-19-,23-22-. The number of carbonyl (C=O) groups excluding carboxylic acids is 1. The van der Waals surface area contributed by atoms with E-state index in [2.05, 4.69) is 74.6 Å². The van der Waals surface area contributed by atoms with Crippen LogP contribution in [0, 0.1) is 0 Å². The van der Waals surface area contributed by atoms with E-state index in [0.29, 0.717) is 24.1 Å². The number of phosphoric acid groups is 1. The van der Waals surface area contributed by atoms with Gasteiger partial charge in [-0.2, -0.15) is 0 Å². The third kappa shape index (κ3) is 33.4. The summed E-state index contributed by atoms with van der Waals surface area (Å²) in [5.74, 6) is -0.346. The number of hydrogen-bond donors (Lipinski definition) is 1. The number of esters is 1. The summed E-state index contributed by atoms with van der Waals surface area (Å²) in [4.78, 5) is 22.4. The second-order valence-corrected chi connectivity index (χ2v) is 13.6. The number of phosphoric ester groups is 1. The Morgan fingerprint density at radius 2 is 1.29 bits per heavy atom. The number of hydrogen-bond acceptors (Lipinski definition) is 6. The Bertz CT molecular complexity index is 906. The van der Waals surface area contributed by atoms with E-state index in [1.54, 1.807) is 0 Å². The van der Waals surface area contributed by atoms with Gasteiger partial charge in [0.1, 0.15) is 19.3 Å². The fourth-order valence-electron chi connectivity index (χ4n) is 3.93. The van der Waals surface area contributed by atoms with Crippen LogP contribution < -0.4 is 0 Å². The molecule has 260 valence electrons. The second-order valence-electron chi connectivity index (χ2n) is 12.2. The highest BCUT2D eigenvalue weighted by Crippen LogP contribution is 2.43. The lowest BCUT2D eigenvalue weighted by molar-refractivity contribution is -0.870. The number of unbranched alkanes of at least 4 members (excludes halogenated alkanes) is 6. The zero-order chi connectivity index (χ0) is 33.5. The Balaban J connectivity index is 4.30. The minimum Gasteiger partial charge on any atom is -0.457 e. The van der Waals surface area contributed by atoms with Crippen molar-refractivity contribution < 1.29 is 37.3 Å². The number of ether oxygens (including phenoxy) is 2. The zero-order valence-electron chi connectivity index (χ0n) is 29.1. The summed E-state index contributed by atoms with van der Waals surface area (Å²) in [6, 6.07) is 0. The fraction of sp³-hybridized carbons (Fsp3) is 0.694. The minimum atomic E-state index is -4.27. The number of carbonyl (C=O) groups is 1. The summed E-state index contributed by atoms with van der Waals surface area (Å²) in [7, 11) is 1.62. The molecule has 45 heavy (non-hydrogen) atoms. The molecule has 0 amide bonds. The van der Waals surface area contributed by atoms with E-state index in [1.807, 2.05) is 21.1 Å². The minimum absolute atomic E-state index is 0.0773. The van der Waals surface area contributed by atoms with Gasteiger partial charge in [0.25, 0.3) is 0 Å².